The molecule has 0 bridgehead atoms. The summed E-state index contributed by atoms with van der Waals surface area (Å²) < 4.78 is 0. The number of amides is 1. The van der Waals surface area contributed by atoms with Crippen LogP contribution in [0.3, 0.4) is 0 Å². The highest BCUT2D eigenvalue weighted by molar-refractivity contribution is 5.78. The second kappa shape index (κ2) is 6.68. The fourth-order valence-corrected chi connectivity index (χ4v) is 1.70. The number of aromatic nitrogens is 2. The number of carbonyl (C=O) groups excluding carboxylic acids is 1. The van der Waals surface area contributed by atoms with Crippen molar-refractivity contribution in [3.63, 3.8) is 0 Å². The van der Waals surface area contributed by atoms with Gasteiger partial charge in [-0.05, 0) is 12.5 Å². The van der Waals surface area contributed by atoms with Gasteiger partial charge in [0.15, 0.2) is 0 Å². The zero-order chi connectivity index (χ0) is 13.5. The van der Waals surface area contributed by atoms with E-state index in [1.165, 1.54) is 0 Å². The third kappa shape index (κ3) is 3.91. The highest BCUT2D eigenvalue weighted by Gasteiger charge is 2.02. The molecule has 0 saturated carbocycles. The van der Waals surface area contributed by atoms with Crippen molar-refractivity contribution >= 4 is 22.8 Å². The SMILES string of the molecule is CCCNC(=O)CCNc1ncc2ccccc2n1. The maximum atomic E-state index is 11.4. The van der Waals surface area contributed by atoms with E-state index in [0.29, 0.717) is 18.9 Å². The Balaban J connectivity index is 1.86. The molecule has 2 aromatic rings. The van der Waals surface area contributed by atoms with Gasteiger partial charge >= 0.3 is 0 Å². The molecule has 0 spiro atoms. The second-order valence-corrected chi connectivity index (χ2v) is 4.28. The topological polar surface area (TPSA) is 66.9 Å². The van der Waals surface area contributed by atoms with Gasteiger partial charge in [-0.1, -0.05) is 25.1 Å². The summed E-state index contributed by atoms with van der Waals surface area (Å²) >= 11 is 0. The van der Waals surface area contributed by atoms with Crippen molar-refractivity contribution in [2.75, 3.05) is 18.4 Å². The first-order chi connectivity index (χ1) is 9.29. The predicted octanol–water partition coefficient (Wildman–Crippen LogP) is 1.96. The summed E-state index contributed by atoms with van der Waals surface area (Å²) in [6.07, 6.45) is 3.16. The molecule has 0 saturated heterocycles. The molecule has 0 aliphatic rings. The number of hydrogen-bond donors (Lipinski definition) is 2. The first kappa shape index (κ1) is 13.3. The monoisotopic (exact) mass is 258 g/mol. The van der Waals surface area contributed by atoms with Gasteiger partial charge in [0.05, 0.1) is 5.52 Å². The van der Waals surface area contributed by atoms with Crippen molar-refractivity contribution in [2.45, 2.75) is 19.8 Å². The lowest BCUT2D eigenvalue weighted by Crippen LogP contribution is -2.26. The zero-order valence-corrected chi connectivity index (χ0v) is 11.0. The Hall–Kier alpha value is -2.17. The lowest BCUT2D eigenvalue weighted by atomic mass is 10.2. The molecule has 2 N–H and O–H groups in total. The van der Waals surface area contributed by atoms with E-state index in [-0.39, 0.29) is 5.91 Å². The van der Waals surface area contributed by atoms with E-state index >= 15 is 0 Å². The van der Waals surface area contributed by atoms with Crippen LogP contribution in [-0.2, 0) is 4.79 Å². The van der Waals surface area contributed by atoms with Crippen molar-refractivity contribution in [1.29, 1.82) is 0 Å². The molecule has 1 heterocycles. The van der Waals surface area contributed by atoms with Crippen molar-refractivity contribution in [3.05, 3.63) is 30.5 Å². The molecule has 0 aliphatic carbocycles. The minimum Gasteiger partial charge on any atom is -0.356 e. The maximum Gasteiger partial charge on any atom is 0.223 e. The van der Waals surface area contributed by atoms with Gasteiger partial charge < -0.3 is 10.6 Å². The van der Waals surface area contributed by atoms with Gasteiger partial charge in [0.1, 0.15) is 0 Å². The Morgan fingerprint density at radius 3 is 2.95 bits per heavy atom. The van der Waals surface area contributed by atoms with Crippen LogP contribution < -0.4 is 10.6 Å². The van der Waals surface area contributed by atoms with E-state index in [1.54, 1.807) is 6.20 Å². The number of fused-ring (bicyclic) bond motifs is 1. The largest absolute Gasteiger partial charge is 0.356 e. The van der Waals surface area contributed by atoms with Gasteiger partial charge in [0.25, 0.3) is 0 Å². The maximum absolute atomic E-state index is 11.4. The van der Waals surface area contributed by atoms with Gasteiger partial charge in [-0.3, -0.25) is 4.79 Å². The molecule has 0 unspecified atom stereocenters. The van der Waals surface area contributed by atoms with Crippen LogP contribution in [0.5, 0.6) is 0 Å². The number of para-hydroxylation sites is 1. The molecule has 0 atom stereocenters. The molecule has 1 aromatic heterocycles. The Bertz CT molecular complexity index is 556. The van der Waals surface area contributed by atoms with E-state index < -0.39 is 0 Å². The molecule has 1 aromatic carbocycles. The summed E-state index contributed by atoms with van der Waals surface area (Å²) in [5.74, 6) is 0.608. The van der Waals surface area contributed by atoms with E-state index in [0.717, 1.165) is 23.9 Å². The molecule has 5 heteroatoms. The fourth-order valence-electron chi connectivity index (χ4n) is 1.70. The number of carbonyl (C=O) groups is 1. The number of nitrogens with zero attached hydrogens (tertiary/aromatic N) is 2. The molecular weight excluding hydrogens is 240 g/mol. The van der Waals surface area contributed by atoms with E-state index in [9.17, 15) is 4.79 Å². The molecule has 5 nitrogen and oxygen atoms in total. The molecule has 0 aliphatic heterocycles. The number of anilines is 1. The normalized spacial score (nSPS) is 10.4. The van der Waals surface area contributed by atoms with Crippen LogP contribution in [-0.4, -0.2) is 29.0 Å². The van der Waals surface area contributed by atoms with Crippen LogP contribution >= 0.6 is 0 Å². The van der Waals surface area contributed by atoms with E-state index in [2.05, 4.69) is 20.6 Å². The Kier molecular flexibility index (Phi) is 4.66. The highest BCUT2D eigenvalue weighted by atomic mass is 16.1. The molecule has 0 radical (unpaired) electrons. The third-order valence-electron chi connectivity index (χ3n) is 2.70. The van der Waals surface area contributed by atoms with Gasteiger partial charge in [-0.25, -0.2) is 9.97 Å². The van der Waals surface area contributed by atoms with Gasteiger partial charge in [0.2, 0.25) is 11.9 Å². The van der Waals surface area contributed by atoms with Crippen LogP contribution in [0.1, 0.15) is 19.8 Å². The average molecular weight is 258 g/mol. The van der Waals surface area contributed by atoms with Crippen molar-refractivity contribution in [1.82, 2.24) is 15.3 Å². The molecule has 0 fully saturated rings. The number of hydrogen-bond acceptors (Lipinski definition) is 4. The minimum absolute atomic E-state index is 0.0511. The molecule has 100 valence electrons. The summed E-state index contributed by atoms with van der Waals surface area (Å²) in [5, 5.41) is 6.90. The first-order valence-electron chi connectivity index (χ1n) is 6.52. The summed E-state index contributed by atoms with van der Waals surface area (Å²) in [6, 6.07) is 7.81. The number of rotatable bonds is 6. The Labute approximate surface area is 112 Å². The Morgan fingerprint density at radius 2 is 2.11 bits per heavy atom. The molecule has 2 rings (SSSR count). The number of benzene rings is 1. The van der Waals surface area contributed by atoms with Crippen LogP contribution in [0.2, 0.25) is 0 Å². The zero-order valence-electron chi connectivity index (χ0n) is 11.0. The summed E-state index contributed by atoms with van der Waals surface area (Å²) in [4.78, 5) is 20.0. The molecule has 1 amide bonds. The van der Waals surface area contributed by atoms with Crippen molar-refractivity contribution < 1.29 is 4.79 Å². The van der Waals surface area contributed by atoms with Gasteiger partial charge in [-0.2, -0.15) is 0 Å². The number of nitrogens with one attached hydrogen (secondary N) is 2. The van der Waals surface area contributed by atoms with Crippen LogP contribution in [0.4, 0.5) is 5.95 Å². The Morgan fingerprint density at radius 1 is 1.26 bits per heavy atom. The van der Waals surface area contributed by atoms with Crippen LogP contribution in [0.25, 0.3) is 10.9 Å². The quantitative estimate of drug-likeness (QED) is 0.831. The summed E-state index contributed by atoms with van der Waals surface area (Å²) in [6.45, 7) is 3.29. The first-order valence-corrected chi connectivity index (χ1v) is 6.52. The van der Waals surface area contributed by atoms with Crippen molar-refractivity contribution in [2.24, 2.45) is 0 Å². The molecule has 19 heavy (non-hydrogen) atoms. The van der Waals surface area contributed by atoms with Crippen LogP contribution in [0.15, 0.2) is 30.5 Å². The average Bonchev–Trinajstić information content (AvgIpc) is 2.45. The lowest BCUT2D eigenvalue weighted by molar-refractivity contribution is -0.120. The van der Waals surface area contributed by atoms with E-state index in [1.807, 2.05) is 31.2 Å². The lowest BCUT2D eigenvalue weighted by Gasteiger charge is -2.06. The minimum atomic E-state index is 0.0511. The standard InChI is InChI=1S/C14H18N4O/c1-2-8-15-13(19)7-9-16-14-17-10-11-5-3-4-6-12(11)18-14/h3-6,10H,2,7-9H2,1H3,(H,15,19)(H,16,17,18). The molecular formula is C14H18N4O. The van der Waals surface area contributed by atoms with E-state index in [4.69, 9.17) is 0 Å². The van der Waals surface area contributed by atoms with Gasteiger partial charge in [-0.15, -0.1) is 0 Å². The van der Waals surface area contributed by atoms with Crippen LogP contribution in [0, 0.1) is 0 Å². The summed E-state index contributed by atoms with van der Waals surface area (Å²) in [5.41, 5.74) is 0.899. The highest BCUT2D eigenvalue weighted by Crippen LogP contribution is 2.11. The fraction of sp³-hybridized carbons (Fsp3) is 0.357. The van der Waals surface area contributed by atoms with Crippen molar-refractivity contribution in [3.8, 4) is 0 Å². The van der Waals surface area contributed by atoms with Gasteiger partial charge in [0, 0.05) is 31.1 Å². The predicted molar refractivity (Wildman–Crippen MR) is 75.9 cm³/mol. The summed E-state index contributed by atoms with van der Waals surface area (Å²) in [7, 11) is 0. The third-order valence-corrected chi connectivity index (χ3v) is 2.70. The smallest absolute Gasteiger partial charge is 0.223 e. The second-order valence-electron chi connectivity index (χ2n) is 4.28.